The summed E-state index contributed by atoms with van der Waals surface area (Å²) >= 11 is 0. The van der Waals surface area contributed by atoms with Crippen LogP contribution >= 0.6 is 0 Å². The first kappa shape index (κ1) is 17.6. The quantitative estimate of drug-likeness (QED) is 0.445. The molecule has 1 heterocycles. The van der Waals surface area contributed by atoms with Gasteiger partial charge in [0.25, 0.3) is 0 Å². The molecule has 4 bridgehead atoms. The van der Waals surface area contributed by atoms with E-state index in [2.05, 4.69) is 6.58 Å². The van der Waals surface area contributed by atoms with Crippen molar-refractivity contribution in [3.63, 3.8) is 0 Å². The Morgan fingerprint density at radius 2 is 2.07 bits per heavy atom. The Kier molecular flexibility index (Phi) is 3.11. The van der Waals surface area contributed by atoms with E-state index in [1.165, 1.54) is 7.11 Å². The van der Waals surface area contributed by atoms with Gasteiger partial charge in [0.2, 0.25) is 0 Å². The van der Waals surface area contributed by atoms with Crippen LogP contribution in [0.4, 0.5) is 0 Å². The number of esters is 2. The van der Waals surface area contributed by atoms with Crippen LogP contribution in [0.5, 0.6) is 0 Å². The monoisotopic (exact) mass is 378 g/mol. The lowest BCUT2D eigenvalue weighted by atomic mass is 9.58. The standard InChI is InChI=1S/C20H26O7/c1-9-6-18-8-19(9,25)5-4-11(18)20-7-10(21)14(22)17(2,16(24)27-20)13(20)12(18)15(23)26-3/h10-14,21-22,25H,1,4-8H2,2-3H3/t10-,11-,12-,13-,14+,17+,18+,19+,20-/m1/s1. The summed E-state index contributed by atoms with van der Waals surface area (Å²) in [6, 6.07) is 0. The predicted octanol–water partition coefficient (Wildman–Crippen LogP) is 0.310. The smallest absolute Gasteiger partial charge is 0.315 e. The van der Waals surface area contributed by atoms with Gasteiger partial charge in [-0.15, -0.1) is 0 Å². The summed E-state index contributed by atoms with van der Waals surface area (Å²) in [5.41, 5.74) is -3.34. The summed E-state index contributed by atoms with van der Waals surface area (Å²) in [6.07, 6.45) is -0.397. The van der Waals surface area contributed by atoms with Crippen LogP contribution in [0.15, 0.2) is 12.2 Å². The van der Waals surface area contributed by atoms with Crippen molar-refractivity contribution in [3.8, 4) is 0 Å². The molecular formula is C20H26O7. The zero-order valence-electron chi connectivity index (χ0n) is 15.6. The second kappa shape index (κ2) is 4.75. The van der Waals surface area contributed by atoms with E-state index < -0.39 is 58.0 Å². The van der Waals surface area contributed by atoms with Crippen molar-refractivity contribution >= 4 is 11.9 Å². The molecule has 27 heavy (non-hydrogen) atoms. The number of carbonyl (C=O) groups is 2. The SMILES string of the molecule is C=C1C[C@]23C[C@@]1(O)CC[C@H]2[C@@]12C[C@@H](O)[C@H](O)[C@@](C)(C(=O)O1)[C@H]2[C@@H]3C(=O)OC. The van der Waals surface area contributed by atoms with Gasteiger partial charge in [-0.2, -0.15) is 0 Å². The Morgan fingerprint density at radius 1 is 1.37 bits per heavy atom. The van der Waals surface area contributed by atoms with Crippen LogP contribution in [-0.2, 0) is 19.1 Å². The van der Waals surface area contributed by atoms with Crippen LogP contribution in [0, 0.1) is 28.6 Å². The van der Waals surface area contributed by atoms with Crippen molar-refractivity contribution in [3.05, 3.63) is 12.2 Å². The number of hydrogen-bond acceptors (Lipinski definition) is 7. The first-order valence-electron chi connectivity index (χ1n) is 9.65. The third kappa shape index (κ3) is 1.63. The predicted molar refractivity (Wildman–Crippen MR) is 91.0 cm³/mol. The van der Waals surface area contributed by atoms with Gasteiger partial charge in [0, 0.05) is 18.3 Å². The van der Waals surface area contributed by atoms with Crippen LogP contribution < -0.4 is 0 Å². The third-order valence-electron chi connectivity index (χ3n) is 8.76. The molecule has 1 aliphatic heterocycles. The molecule has 3 N–H and O–H groups in total. The molecule has 0 aromatic carbocycles. The molecule has 0 amide bonds. The highest BCUT2D eigenvalue weighted by atomic mass is 16.6. The van der Waals surface area contributed by atoms with Crippen LogP contribution in [-0.4, -0.2) is 57.8 Å². The summed E-state index contributed by atoms with van der Waals surface area (Å²) in [5, 5.41) is 32.4. The van der Waals surface area contributed by atoms with Crippen LogP contribution in [0.25, 0.3) is 0 Å². The van der Waals surface area contributed by atoms with Crippen LogP contribution in [0.1, 0.15) is 39.0 Å². The highest BCUT2D eigenvalue weighted by Crippen LogP contribution is 2.78. The van der Waals surface area contributed by atoms with Crippen molar-refractivity contribution < 1.29 is 34.4 Å². The third-order valence-corrected chi connectivity index (χ3v) is 8.76. The lowest BCUT2D eigenvalue weighted by Crippen LogP contribution is -2.59. The summed E-state index contributed by atoms with van der Waals surface area (Å²) in [6.45, 7) is 5.67. The van der Waals surface area contributed by atoms with E-state index in [4.69, 9.17) is 9.47 Å². The Bertz CT molecular complexity index is 778. The molecule has 5 rings (SSSR count). The highest BCUT2D eigenvalue weighted by Gasteiger charge is 2.85. The number of carbonyl (C=O) groups excluding carboxylic acids is 2. The van der Waals surface area contributed by atoms with E-state index in [0.29, 0.717) is 31.3 Å². The van der Waals surface area contributed by atoms with Gasteiger partial charge < -0.3 is 24.8 Å². The average molecular weight is 378 g/mol. The molecule has 5 aliphatic rings. The molecule has 1 saturated heterocycles. The van der Waals surface area contributed by atoms with Gasteiger partial charge >= 0.3 is 11.9 Å². The molecule has 7 heteroatoms. The van der Waals surface area contributed by atoms with Gasteiger partial charge in [-0.05, 0) is 43.6 Å². The number of aliphatic hydroxyl groups is 3. The minimum atomic E-state index is -1.38. The van der Waals surface area contributed by atoms with Gasteiger partial charge in [-0.1, -0.05) is 6.58 Å². The fraction of sp³-hybridized carbons (Fsp3) is 0.800. The zero-order valence-corrected chi connectivity index (χ0v) is 15.6. The number of rotatable bonds is 1. The van der Waals surface area contributed by atoms with Crippen LogP contribution in [0.2, 0.25) is 0 Å². The van der Waals surface area contributed by atoms with Gasteiger partial charge in [0.05, 0.1) is 30.8 Å². The van der Waals surface area contributed by atoms with E-state index in [1.54, 1.807) is 6.92 Å². The highest BCUT2D eigenvalue weighted by molar-refractivity contribution is 5.86. The lowest BCUT2D eigenvalue weighted by Gasteiger charge is -2.47. The summed E-state index contributed by atoms with van der Waals surface area (Å²) in [7, 11) is 1.32. The van der Waals surface area contributed by atoms with E-state index in [0.717, 1.165) is 0 Å². The number of methoxy groups -OCH3 is 1. The number of aliphatic hydroxyl groups excluding tert-OH is 2. The molecule has 0 radical (unpaired) electrons. The fourth-order valence-electron chi connectivity index (χ4n) is 7.82. The average Bonchev–Trinajstić information content (AvgIpc) is 3.03. The molecule has 1 spiro atoms. The summed E-state index contributed by atoms with van der Waals surface area (Å²) in [5.74, 6) is -2.48. The zero-order chi connectivity index (χ0) is 19.6. The van der Waals surface area contributed by atoms with Crippen molar-refractivity contribution in [2.75, 3.05) is 7.11 Å². The van der Waals surface area contributed by atoms with E-state index >= 15 is 0 Å². The Balaban J connectivity index is 1.76. The Morgan fingerprint density at radius 3 is 2.74 bits per heavy atom. The van der Waals surface area contributed by atoms with Crippen molar-refractivity contribution in [1.82, 2.24) is 0 Å². The molecule has 0 aromatic heterocycles. The molecule has 9 atom stereocenters. The fourth-order valence-corrected chi connectivity index (χ4v) is 7.82. The first-order valence-corrected chi connectivity index (χ1v) is 9.65. The molecule has 4 aliphatic carbocycles. The topological polar surface area (TPSA) is 113 Å². The summed E-state index contributed by atoms with van der Waals surface area (Å²) in [4.78, 5) is 25.9. The normalized spacial score (nSPS) is 57.9. The van der Waals surface area contributed by atoms with E-state index in [-0.39, 0.29) is 12.3 Å². The van der Waals surface area contributed by atoms with Gasteiger partial charge in [-0.25, -0.2) is 0 Å². The maximum absolute atomic E-state index is 13.0. The lowest BCUT2D eigenvalue weighted by molar-refractivity contribution is -0.166. The van der Waals surface area contributed by atoms with E-state index in [9.17, 15) is 24.9 Å². The molecule has 4 saturated carbocycles. The molecule has 0 aromatic rings. The van der Waals surface area contributed by atoms with Gasteiger partial charge in [0.1, 0.15) is 11.0 Å². The number of fused-ring (bicyclic) bond motifs is 1. The Labute approximate surface area is 157 Å². The minimum Gasteiger partial charge on any atom is -0.469 e. The maximum atomic E-state index is 13.0. The second-order valence-electron chi connectivity index (χ2n) is 9.64. The van der Waals surface area contributed by atoms with Gasteiger partial charge in [0.15, 0.2) is 0 Å². The van der Waals surface area contributed by atoms with Crippen molar-refractivity contribution in [2.24, 2.45) is 28.6 Å². The van der Waals surface area contributed by atoms with Crippen molar-refractivity contribution in [2.45, 2.75) is 62.4 Å². The van der Waals surface area contributed by atoms with Gasteiger partial charge in [-0.3, -0.25) is 9.59 Å². The molecule has 0 unspecified atom stereocenters. The maximum Gasteiger partial charge on any atom is 0.315 e. The van der Waals surface area contributed by atoms with Crippen LogP contribution in [0.3, 0.4) is 0 Å². The van der Waals surface area contributed by atoms with E-state index in [1.807, 2.05) is 0 Å². The minimum absolute atomic E-state index is 0.102. The van der Waals surface area contributed by atoms with Crippen molar-refractivity contribution in [1.29, 1.82) is 0 Å². The number of ether oxygens (including phenoxy) is 2. The second-order valence-corrected chi connectivity index (χ2v) is 9.64. The molecule has 5 fully saturated rings. The Hall–Kier alpha value is -1.44. The molecular weight excluding hydrogens is 352 g/mol. The largest absolute Gasteiger partial charge is 0.469 e. The summed E-state index contributed by atoms with van der Waals surface area (Å²) < 4.78 is 11.1. The number of hydrogen-bond donors (Lipinski definition) is 3. The molecule has 7 nitrogen and oxygen atoms in total. The molecule has 148 valence electrons. The first-order chi connectivity index (χ1) is 12.6.